The van der Waals surface area contributed by atoms with Gasteiger partial charge < -0.3 is 20.4 Å². The van der Waals surface area contributed by atoms with Gasteiger partial charge in [-0.15, -0.1) is 0 Å². The monoisotopic (exact) mass is 519 g/mol. The van der Waals surface area contributed by atoms with Crippen molar-refractivity contribution in [1.29, 1.82) is 0 Å². The van der Waals surface area contributed by atoms with E-state index in [-0.39, 0.29) is 16.0 Å². The summed E-state index contributed by atoms with van der Waals surface area (Å²) in [6.45, 7) is 2.19. The van der Waals surface area contributed by atoms with Crippen molar-refractivity contribution in [1.82, 2.24) is 30.0 Å². The SMILES string of the molecule is CNS(=O)(=O)c1cccc(-c2nc(C3CC3)[nH]c2-c2ccnc(NC[C@H](C)NC(=O)OC)n2)c1Cl. The number of halogens is 1. The van der Waals surface area contributed by atoms with Gasteiger partial charge in [0.25, 0.3) is 0 Å². The number of nitrogens with one attached hydrogen (secondary N) is 4. The number of aromatic nitrogens is 4. The molecule has 1 aliphatic carbocycles. The Balaban J connectivity index is 1.69. The van der Waals surface area contributed by atoms with Crippen molar-refractivity contribution in [2.45, 2.75) is 36.6 Å². The smallest absolute Gasteiger partial charge is 0.407 e. The van der Waals surface area contributed by atoms with Crippen molar-refractivity contribution in [3.8, 4) is 22.6 Å². The van der Waals surface area contributed by atoms with E-state index in [0.29, 0.717) is 41.1 Å². The van der Waals surface area contributed by atoms with E-state index in [1.807, 2.05) is 6.92 Å². The van der Waals surface area contributed by atoms with Gasteiger partial charge in [0.05, 0.1) is 29.2 Å². The summed E-state index contributed by atoms with van der Waals surface area (Å²) in [5.41, 5.74) is 2.16. The van der Waals surface area contributed by atoms with Crippen LogP contribution in [0.5, 0.6) is 0 Å². The van der Waals surface area contributed by atoms with Crippen molar-refractivity contribution < 1.29 is 17.9 Å². The lowest BCUT2D eigenvalue weighted by Crippen LogP contribution is -2.37. The molecule has 0 spiro atoms. The van der Waals surface area contributed by atoms with Gasteiger partial charge in [-0.3, -0.25) is 0 Å². The van der Waals surface area contributed by atoms with Gasteiger partial charge in [-0.1, -0.05) is 23.7 Å². The van der Waals surface area contributed by atoms with E-state index in [2.05, 4.69) is 35.0 Å². The number of amides is 1. The number of hydrogen-bond donors (Lipinski definition) is 4. The topological polar surface area (TPSA) is 151 Å². The molecule has 2 heterocycles. The van der Waals surface area contributed by atoms with Gasteiger partial charge in [0.15, 0.2) is 0 Å². The van der Waals surface area contributed by atoms with E-state index >= 15 is 0 Å². The standard InChI is InChI=1S/C22H26ClN7O4S/c1-12(27-22(31)34-3)11-26-21-25-10-9-15(28-21)19-18(29-20(30-19)13-7-8-13)14-5-4-6-16(17(14)23)35(32,33)24-2/h4-6,9-10,12-13,24H,7-8,11H2,1-3H3,(H,27,31)(H,29,30)(H,25,26,28)/t12-/m0/s1. The van der Waals surface area contributed by atoms with Crippen molar-refractivity contribution in [3.63, 3.8) is 0 Å². The molecule has 3 aromatic rings. The van der Waals surface area contributed by atoms with E-state index in [1.165, 1.54) is 20.2 Å². The number of sulfonamides is 1. The quantitative estimate of drug-likeness (QED) is 0.336. The minimum atomic E-state index is -3.76. The molecule has 11 nitrogen and oxygen atoms in total. The molecule has 13 heteroatoms. The number of aromatic amines is 1. The van der Waals surface area contributed by atoms with Crippen LogP contribution in [0.15, 0.2) is 35.4 Å². The van der Waals surface area contributed by atoms with Crippen LogP contribution in [0, 0.1) is 0 Å². The van der Waals surface area contributed by atoms with Crippen LogP contribution in [0.2, 0.25) is 5.02 Å². The van der Waals surface area contributed by atoms with Crippen LogP contribution >= 0.6 is 11.6 Å². The zero-order chi connectivity index (χ0) is 25.2. The molecule has 1 fully saturated rings. The number of anilines is 1. The maximum atomic E-state index is 12.5. The van der Waals surface area contributed by atoms with E-state index < -0.39 is 16.1 Å². The molecule has 0 bridgehead atoms. The summed E-state index contributed by atoms with van der Waals surface area (Å²) in [4.78, 5) is 28.3. The van der Waals surface area contributed by atoms with Crippen LogP contribution in [0.25, 0.3) is 22.6 Å². The molecule has 1 atom stereocenters. The van der Waals surface area contributed by atoms with E-state index in [9.17, 15) is 13.2 Å². The van der Waals surface area contributed by atoms with Gasteiger partial charge in [0.1, 0.15) is 10.7 Å². The van der Waals surface area contributed by atoms with E-state index in [1.54, 1.807) is 24.4 Å². The first-order valence-corrected chi connectivity index (χ1v) is 12.8. The van der Waals surface area contributed by atoms with Crippen molar-refractivity contribution in [3.05, 3.63) is 41.3 Å². The molecule has 1 aliphatic rings. The van der Waals surface area contributed by atoms with Crippen molar-refractivity contribution in [2.75, 3.05) is 26.0 Å². The lowest BCUT2D eigenvalue weighted by Gasteiger charge is -2.14. The number of alkyl carbamates (subject to hydrolysis) is 1. The second kappa shape index (κ2) is 10.2. The second-order valence-electron chi connectivity index (χ2n) is 8.13. The first-order valence-electron chi connectivity index (χ1n) is 11.0. The average Bonchev–Trinajstić information content (AvgIpc) is 3.61. The molecule has 35 heavy (non-hydrogen) atoms. The Kier molecular flexibility index (Phi) is 7.24. The largest absolute Gasteiger partial charge is 0.453 e. The van der Waals surface area contributed by atoms with Crippen LogP contribution < -0.4 is 15.4 Å². The molecule has 0 radical (unpaired) electrons. The van der Waals surface area contributed by atoms with Gasteiger partial charge in [-0.05, 0) is 38.9 Å². The number of hydrogen-bond acceptors (Lipinski definition) is 8. The lowest BCUT2D eigenvalue weighted by molar-refractivity contribution is 0.168. The molecule has 0 saturated heterocycles. The number of carbonyl (C=O) groups is 1. The number of H-pyrrole nitrogens is 1. The number of carbonyl (C=O) groups excluding carboxylic acids is 1. The fourth-order valence-electron chi connectivity index (χ4n) is 3.47. The van der Waals surface area contributed by atoms with Crippen molar-refractivity contribution in [2.24, 2.45) is 0 Å². The number of imidazole rings is 1. The summed E-state index contributed by atoms with van der Waals surface area (Å²) >= 11 is 6.58. The second-order valence-corrected chi connectivity index (χ2v) is 10.4. The summed E-state index contributed by atoms with van der Waals surface area (Å²) in [6.07, 6.45) is 3.13. The van der Waals surface area contributed by atoms with Gasteiger partial charge in [-0.25, -0.2) is 32.9 Å². The van der Waals surface area contributed by atoms with Crippen LogP contribution in [0.3, 0.4) is 0 Å². The Morgan fingerprint density at radius 3 is 2.74 bits per heavy atom. The first kappa shape index (κ1) is 24.9. The Morgan fingerprint density at radius 2 is 2.06 bits per heavy atom. The maximum absolute atomic E-state index is 12.5. The van der Waals surface area contributed by atoms with Crippen LogP contribution in [-0.4, -0.2) is 61.2 Å². The highest BCUT2D eigenvalue weighted by atomic mass is 35.5. The maximum Gasteiger partial charge on any atom is 0.407 e. The summed E-state index contributed by atoms with van der Waals surface area (Å²) in [6, 6.07) is 6.31. The fourth-order valence-corrected chi connectivity index (χ4v) is 4.82. The molecule has 2 aromatic heterocycles. The molecule has 4 N–H and O–H groups in total. The fraction of sp³-hybridized carbons (Fsp3) is 0.364. The number of rotatable bonds is 9. The highest BCUT2D eigenvalue weighted by molar-refractivity contribution is 7.89. The predicted molar refractivity (Wildman–Crippen MR) is 132 cm³/mol. The minimum absolute atomic E-state index is 0.0294. The molecule has 1 aromatic carbocycles. The Morgan fingerprint density at radius 1 is 1.29 bits per heavy atom. The van der Waals surface area contributed by atoms with E-state index in [4.69, 9.17) is 16.6 Å². The molecule has 0 unspecified atom stereocenters. The molecule has 186 valence electrons. The Hall–Kier alpha value is -3.22. The third kappa shape index (κ3) is 5.55. The molecular weight excluding hydrogens is 494 g/mol. The van der Waals surface area contributed by atoms with Gasteiger partial charge in [0.2, 0.25) is 16.0 Å². The van der Waals surface area contributed by atoms with Crippen LogP contribution in [0.4, 0.5) is 10.7 Å². The molecule has 1 amide bonds. The summed E-state index contributed by atoms with van der Waals surface area (Å²) < 4.78 is 31.8. The highest BCUT2D eigenvalue weighted by Crippen LogP contribution is 2.43. The third-order valence-electron chi connectivity index (χ3n) is 5.49. The molecule has 4 rings (SSSR count). The number of ether oxygens (including phenoxy) is 1. The van der Waals surface area contributed by atoms with Crippen LogP contribution in [0.1, 0.15) is 31.5 Å². The third-order valence-corrected chi connectivity index (χ3v) is 7.47. The van der Waals surface area contributed by atoms with Gasteiger partial charge in [0, 0.05) is 30.3 Å². The van der Waals surface area contributed by atoms with Crippen molar-refractivity contribution >= 4 is 33.7 Å². The van der Waals surface area contributed by atoms with E-state index in [0.717, 1.165) is 18.7 Å². The predicted octanol–water partition coefficient (Wildman–Crippen LogP) is 3.13. The van der Waals surface area contributed by atoms with Gasteiger partial charge >= 0.3 is 6.09 Å². The summed E-state index contributed by atoms with van der Waals surface area (Å²) in [7, 11) is -1.13. The number of nitrogens with zero attached hydrogens (tertiary/aromatic N) is 3. The zero-order valence-corrected chi connectivity index (χ0v) is 21.0. The average molecular weight is 520 g/mol. The number of methoxy groups -OCH3 is 1. The summed E-state index contributed by atoms with van der Waals surface area (Å²) in [5.74, 6) is 1.47. The summed E-state index contributed by atoms with van der Waals surface area (Å²) in [5, 5.41) is 5.83. The molecule has 1 saturated carbocycles. The normalized spacial score (nSPS) is 14.4. The Bertz CT molecular complexity index is 1340. The molecular formula is C22H26ClN7O4S. The minimum Gasteiger partial charge on any atom is -0.453 e. The highest BCUT2D eigenvalue weighted by Gasteiger charge is 2.30. The zero-order valence-electron chi connectivity index (χ0n) is 19.4. The first-order chi connectivity index (χ1) is 16.7. The Labute approximate surface area is 208 Å². The number of benzene rings is 1. The molecule has 0 aliphatic heterocycles. The van der Waals surface area contributed by atoms with Gasteiger partial charge in [-0.2, -0.15) is 0 Å². The lowest BCUT2D eigenvalue weighted by atomic mass is 10.1. The van der Waals surface area contributed by atoms with Crippen LogP contribution in [-0.2, 0) is 14.8 Å².